The lowest BCUT2D eigenvalue weighted by molar-refractivity contribution is 0.100. The molecule has 0 unspecified atom stereocenters. The number of halogens is 1. The van der Waals surface area contributed by atoms with Crippen LogP contribution in [0.1, 0.15) is 9.67 Å². The van der Waals surface area contributed by atoms with E-state index in [9.17, 15) is 17.6 Å². The normalized spacial score (nSPS) is 11.4. The van der Waals surface area contributed by atoms with Gasteiger partial charge in [-0.05, 0) is 41.5 Å². The van der Waals surface area contributed by atoms with Crippen molar-refractivity contribution in [1.82, 2.24) is 0 Å². The predicted molar refractivity (Wildman–Crippen MR) is 96.8 cm³/mol. The smallest absolute Gasteiger partial charge is 0.258 e. The number of sulfone groups is 1. The molecule has 25 heavy (non-hydrogen) atoms. The van der Waals surface area contributed by atoms with Gasteiger partial charge in [0.05, 0.1) is 9.77 Å². The summed E-state index contributed by atoms with van der Waals surface area (Å²) in [5.41, 5.74) is 7.63. The molecule has 0 saturated carbocycles. The number of carbonyl (C=O) groups excluding carboxylic acids is 1. The van der Waals surface area contributed by atoms with E-state index in [0.717, 1.165) is 27.8 Å². The summed E-state index contributed by atoms with van der Waals surface area (Å²) in [6, 6.07) is 14.0. The van der Waals surface area contributed by atoms with Crippen LogP contribution in [0.3, 0.4) is 0 Å². The molecule has 1 heterocycles. The van der Waals surface area contributed by atoms with Gasteiger partial charge < -0.3 is 5.73 Å². The lowest BCUT2D eigenvalue weighted by Crippen LogP contribution is -2.08. The van der Waals surface area contributed by atoms with Gasteiger partial charge in [0.15, 0.2) is 9.84 Å². The summed E-state index contributed by atoms with van der Waals surface area (Å²) < 4.78 is 36.4. The fourth-order valence-electron chi connectivity index (χ4n) is 2.42. The molecule has 0 saturated heterocycles. The van der Waals surface area contributed by atoms with E-state index in [1.807, 2.05) is 0 Å². The number of rotatable bonds is 4. The summed E-state index contributed by atoms with van der Waals surface area (Å²) in [6.07, 6.45) is 1.14. The van der Waals surface area contributed by atoms with Crippen molar-refractivity contribution in [2.45, 2.75) is 4.90 Å². The van der Waals surface area contributed by atoms with E-state index in [1.165, 1.54) is 35.6 Å². The monoisotopic (exact) mass is 375 g/mol. The Morgan fingerprint density at radius 2 is 1.56 bits per heavy atom. The van der Waals surface area contributed by atoms with Crippen molar-refractivity contribution in [3.63, 3.8) is 0 Å². The first-order chi connectivity index (χ1) is 11.8. The molecule has 3 aromatic rings. The molecule has 0 aliphatic heterocycles. The number of hydrogen-bond donors (Lipinski definition) is 1. The molecule has 2 N–H and O–H groups in total. The van der Waals surface area contributed by atoms with E-state index < -0.39 is 15.7 Å². The lowest BCUT2D eigenvalue weighted by atomic mass is 10.0. The number of hydrogen-bond acceptors (Lipinski definition) is 4. The van der Waals surface area contributed by atoms with Gasteiger partial charge in [-0.15, -0.1) is 11.3 Å². The first kappa shape index (κ1) is 17.3. The molecule has 0 aliphatic carbocycles. The Labute approximate surface area is 148 Å². The Bertz CT molecular complexity index is 1040. The number of amides is 1. The summed E-state index contributed by atoms with van der Waals surface area (Å²) in [5.74, 6) is -0.901. The van der Waals surface area contributed by atoms with E-state index in [1.54, 1.807) is 30.3 Å². The molecule has 4 nitrogen and oxygen atoms in total. The maximum Gasteiger partial charge on any atom is 0.258 e. The molecule has 0 bridgehead atoms. The van der Waals surface area contributed by atoms with Gasteiger partial charge in [-0.2, -0.15) is 0 Å². The van der Waals surface area contributed by atoms with Gasteiger partial charge in [0.1, 0.15) is 5.82 Å². The van der Waals surface area contributed by atoms with Gasteiger partial charge in [0.2, 0.25) is 0 Å². The van der Waals surface area contributed by atoms with Crippen LogP contribution in [0.5, 0.6) is 0 Å². The van der Waals surface area contributed by atoms with Crippen LogP contribution in [-0.4, -0.2) is 20.6 Å². The van der Waals surface area contributed by atoms with Crippen molar-refractivity contribution in [3.05, 3.63) is 65.3 Å². The van der Waals surface area contributed by atoms with Crippen molar-refractivity contribution < 1.29 is 17.6 Å². The fraction of sp³-hybridized carbons (Fsp3) is 0.0556. The molecule has 0 spiro atoms. The van der Waals surface area contributed by atoms with Gasteiger partial charge in [0, 0.05) is 16.7 Å². The zero-order chi connectivity index (χ0) is 18.2. The highest BCUT2D eigenvalue weighted by Gasteiger charge is 2.16. The summed E-state index contributed by atoms with van der Waals surface area (Å²) in [7, 11) is -3.29. The molecule has 3 rings (SSSR count). The summed E-state index contributed by atoms with van der Waals surface area (Å²) >= 11 is 1.22. The zero-order valence-corrected chi connectivity index (χ0v) is 14.8. The molecule has 128 valence electrons. The van der Waals surface area contributed by atoms with Gasteiger partial charge in [-0.25, -0.2) is 12.8 Å². The number of primary amides is 1. The topological polar surface area (TPSA) is 77.2 Å². The second-order valence-electron chi connectivity index (χ2n) is 5.52. The Balaban J connectivity index is 2.14. The van der Waals surface area contributed by atoms with Crippen molar-refractivity contribution in [2.75, 3.05) is 6.26 Å². The van der Waals surface area contributed by atoms with Gasteiger partial charge in [0.25, 0.3) is 5.91 Å². The summed E-state index contributed by atoms with van der Waals surface area (Å²) in [6.45, 7) is 0. The molecular weight excluding hydrogens is 361 g/mol. The number of benzene rings is 2. The maximum atomic E-state index is 13.2. The molecule has 1 aromatic heterocycles. The average Bonchev–Trinajstić information content (AvgIpc) is 3.00. The van der Waals surface area contributed by atoms with Crippen molar-refractivity contribution in [3.8, 4) is 21.6 Å². The highest BCUT2D eigenvalue weighted by Crippen LogP contribution is 2.39. The van der Waals surface area contributed by atoms with Gasteiger partial charge >= 0.3 is 0 Å². The Morgan fingerprint density at radius 3 is 2.08 bits per heavy atom. The number of nitrogens with two attached hydrogens (primary N) is 1. The van der Waals surface area contributed by atoms with Crippen molar-refractivity contribution >= 4 is 27.1 Å². The zero-order valence-electron chi connectivity index (χ0n) is 13.2. The third-order valence-corrected chi connectivity index (χ3v) is 6.00. The predicted octanol–water partition coefficient (Wildman–Crippen LogP) is 3.72. The third-order valence-electron chi connectivity index (χ3n) is 3.67. The molecule has 0 atom stereocenters. The van der Waals surface area contributed by atoms with Crippen LogP contribution in [0.4, 0.5) is 4.39 Å². The van der Waals surface area contributed by atoms with E-state index >= 15 is 0 Å². The SMILES string of the molecule is CS(=O)(=O)c1ccc(-c2cc(C(N)=O)sc2-c2ccc(F)cc2)cc1. The number of carbonyl (C=O) groups is 1. The highest BCUT2D eigenvalue weighted by molar-refractivity contribution is 7.90. The molecule has 2 aromatic carbocycles. The first-order valence-corrected chi connectivity index (χ1v) is 9.96. The number of thiophene rings is 1. The van der Waals surface area contributed by atoms with Crippen LogP contribution in [0, 0.1) is 5.82 Å². The van der Waals surface area contributed by atoms with Crippen LogP contribution in [-0.2, 0) is 9.84 Å². The van der Waals surface area contributed by atoms with Crippen LogP contribution >= 0.6 is 11.3 Å². The van der Waals surface area contributed by atoms with Gasteiger partial charge in [-0.3, -0.25) is 4.79 Å². The Morgan fingerprint density at radius 1 is 1.00 bits per heavy atom. The molecular formula is C18H14FNO3S2. The molecule has 1 amide bonds. The minimum absolute atomic E-state index is 0.213. The van der Waals surface area contributed by atoms with E-state index in [-0.39, 0.29) is 10.7 Å². The van der Waals surface area contributed by atoms with Crippen molar-refractivity contribution in [2.24, 2.45) is 5.73 Å². The largest absolute Gasteiger partial charge is 0.365 e. The van der Waals surface area contributed by atoms with Crippen molar-refractivity contribution in [1.29, 1.82) is 0 Å². The fourth-order valence-corrected chi connectivity index (χ4v) is 4.09. The van der Waals surface area contributed by atoms with E-state index in [0.29, 0.717) is 4.88 Å². The molecule has 7 heteroatoms. The third kappa shape index (κ3) is 3.62. The lowest BCUT2D eigenvalue weighted by Gasteiger charge is -2.06. The van der Waals surface area contributed by atoms with Crippen LogP contribution < -0.4 is 5.73 Å². The second kappa shape index (κ2) is 6.42. The Hall–Kier alpha value is -2.51. The second-order valence-corrected chi connectivity index (χ2v) is 8.59. The summed E-state index contributed by atoms with van der Waals surface area (Å²) in [5, 5.41) is 0. The quantitative estimate of drug-likeness (QED) is 0.755. The van der Waals surface area contributed by atoms with Gasteiger partial charge in [-0.1, -0.05) is 24.3 Å². The van der Waals surface area contributed by atoms with Crippen LogP contribution in [0.15, 0.2) is 59.5 Å². The Kier molecular flexibility index (Phi) is 4.45. The van der Waals surface area contributed by atoms with E-state index in [4.69, 9.17) is 5.73 Å². The maximum absolute atomic E-state index is 13.2. The minimum atomic E-state index is -3.29. The summed E-state index contributed by atoms with van der Waals surface area (Å²) in [4.78, 5) is 12.9. The highest BCUT2D eigenvalue weighted by atomic mass is 32.2. The minimum Gasteiger partial charge on any atom is -0.365 e. The molecule has 0 fully saturated rings. The average molecular weight is 375 g/mol. The molecule has 0 aliphatic rings. The van der Waals surface area contributed by atoms with Crippen LogP contribution in [0.2, 0.25) is 0 Å². The first-order valence-electron chi connectivity index (χ1n) is 7.26. The molecule has 0 radical (unpaired) electrons. The standard InChI is InChI=1S/C18H14FNO3S2/c1-25(22,23)14-8-4-11(5-9-14)15-10-16(18(20)21)24-17(15)12-2-6-13(19)7-3-12/h2-10H,1H3,(H2,20,21). The van der Waals surface area contributed by atoms with E-state index in [2.05, 4.69) is 0 Å². The van der Waals surface area contributed by atoms with Crippen LogP contribution in [0.25, 0.3) is 21.6 Å².